The largest absolute Gasteiger partial charge is 0.386 e. The van der Waals surface area contributed by atoms with E-state index in [0.29, 0.717) is 13.0 Å². The molecule has 2 rings (SSSR count). The summed E-state index contributed by atoms with van der Waals surface area (Å²) < 4.78 is 0. The van der Waals surface area contributed by atoms with Gasteiger partial charge in [-0.25, -0.2) is 0 Å². The lowest BCUT2D eigenvalue weighted by Gasteiger charge is -2.28. The third-order valence-electron chi connectivity index (χ3n) is 4.69. The number of hydrogen-bond donors (Lipinski definition) is 2. The molecular weight excluding hydrogens is 350 g/mol. The Morgan fingerprint density at radius 2 is 1.88 bits per heavy atom. The number of amides is 1. The van der Waals surface area contributed by atoms with Crippen LogP contribution >= 0.6 is 12.4 Å². The highest BCUT2D eigenvalue weighted by Gasteiger charge is 2.26. The van der Waals surface area contributed by atoms with Gasteiger partial charge in [-0.05, 0) is 50.0 Å². The topological polar surface area (TPSA) is 65.5 Å². The molecule has 26 heavy (non-hydrogen) atoms. The maximum Gasteiger partial charge on any atom is 0.220 e. The molecule has 1 saturated heterocycles. The molecule has 0 radical (unpaired) electrons. The monoisotopic (exact) mass is 385 g/mol. The third-order valence-corrected chi connectivity index (χ3v) is 4.69. The van der Waals surface area contributed by atoms with Crippen molar-refractivity contribution in [1.82, 2.24) is 15.2 Å². The summed E-state index contributed by atoms with van der Waals surface area (Å²) in [6.07, 6.45) is 9.94. The van der Waals surface area contributed by atoms with E-state index < -0.39 is 6.10 Å². The summed E-state index contributed by atoms with van der Waals surface area (Å²) >= 11 is 0. The van der Waals surface area contributed by atoms with Gasteiger partial charge in [0, 0.05) is 25.4 Å². The van der Waals surface area contributed by atoms with Crippen molar-refractivity contribution in [3.05, 3.63) is 30.1 Å². The molecule has 0 unspecified atom stereocenters. The van der Waals surface area contributed by atoms with Crippen LogP contribution in [0.3, 0.4) is 0 Å². The lowest BCUT2D eigenvalue weighted by atomic mass is 10.0. The van der Waals surface area contributed by atoms with E-state index in [1.165, 1.54) is 25.7 Å². The van der Waals surface area contributed by atoms with E-state index in [4.69, 9.17) is 0 Å². The Kier molecular flexibility index (Phi) is 13.3. The molecule has 1 aliphatic heterocycles. The van der Waals surface area contributed by atoms with Crippen LogP contribution in [0.5, 0.6) is 0 Å². The van der Waals surface area contributed by atoms with Crippen molar-refractivity contribution in [1.29, 1.82) is 0 Å². The van der Waals surface area contributed by atoms with Gasteiger partial charge in [-0.15, -0.1) is 12.4 Å². The Morgan fingerprint density at radius 3 is 2.50 bits per heavy atom. The van der Waals surface area contributed by atoms with Crippen LogP contribution in [0.25, 0.3) is 0 Å². The molecule has 0 aromatic carbocycles. The zero-order chi connectivity index (χ0) is 17.2. The van der Waals surface area contributed by atoms with E-state index in [1.54, 1.807) is 12.4 Å². The number of aliphatic hydroxyl groups is 1. The predicted octanol–water partition coefficient (Wildman–Crippen LogP) is 3.72. The minimum Gasteiger partial charge on any atom is -0.386 e. The number of halogens is 1. The predicted molar refractivity (Wildman–Crippen MR) is 110 cm³/mol. The van der Waals surface area contributed by atoms with Gasteiger partial charge in [-0.1, -0.05) is 33.6 Å². The fraction of sp³-hybridized carbons (Fsp3) is 0.700. The molecule has 1 fully saturated rings. The Morgan fingerprint density at radius 1 is 1.23 bits per heavy atom. The van der Waals surface area contributed by atoms with Crippen LogP contribution < -0.4 is 5.32 Å². The first-order chi connectivity index (χ1) is 11.7. The maximum absolute atomic E-state index is 12.3. The summed E-state index contributed by atoms with van der Waals surface area (Å²) in [5, 5.41) is 13.8. The number of nitrogens with one attached hydrogen (secondary N) is 1. The zero-order valence-corrected chi connectivity index (χ0v) is 16.0. The average molecular weight is 386 g/mol. The fourth-order valence-corrected chi connectivity index (χ4v) is 3.25. The van der Waals surface area contributed by atoms with Gasteiger partial charge in [-0.2, -0.15) is 0 Å². The summed E-state index contributed by atoms with van der Waals surface area (Å²) in [6.45, 7) is 4.96. The lowest BCUT2D eigenvalue weighted by Crippen LogP contribution is -2.46. The lowest BCUT2D eigenvalue weighted by molar-refractivity contribution is -0.123. The summed E-state index contributed by atoms with van der Waals surface area (Å²) in [6, 6.07) is 3.36. The Labute approximate surface area is 165 Å². The van der Waals surface area contributed by atoms with Gasteiger partial charge in [0.05, 0.1) is 6.04 Å². The summed E-state index contributed by atoms with van der Waals surface area (Å²) in [4.78, 5) is 18.6. The van der Waals surface area contributed by atoms with E-state index in [2.05, 4.69) is 22.1 Å². The molecule has 5 nitrogen and oxygen atoms in total. The first-order valence-electron chi connectivity index (χ1n) is 9.30. The highest BCUT2D eigenvalue weighted by Crippen LogP contribution is 2.19. The number of aliphatic hydroxyl groups excluding tert-OH is 1. The SMILES string of the molecule is C.CCCCCCC(=O)N[C@@H](CN1CCCC1)[C@@H](O)c1ccncc1.Cl. The van der Waals surface area contributed by atoms with Gasteiger partial charge in [0.2, 0.25) is 5.91 Å². The van der Waals surface area contributed by atoms with Crippen molar-refractivity contribution in [3.63, 3.8) is 0 Å². The number of unbranched alkanes of at least 4 members (excludes halogenated alkanes) is 3. The van der Waals surface area contributed by atoms with Gasteiger partial charge in [0.1, 0.15) is 6.10 Å². The van der Waals surface area contributed by atoms with Crippen molar-refractivity contribution in [2.45, 2.75) is 71.4 Å². The van der Waals surface area contributed by atoms with Crippen LogP contribution in [-0.2, 0) is 4.79 Å². The Bertz CT molecular complexity index is 481. The first kappa shape index (κ1) is 24.8. The zero-order valence-electron chi connectivity index (χ0n) is 15.2. The fourth-order valence-electron chi connectivity index (χ4n) is 3.25. The minimum atomic E-state index is -0.701. The van der Waals surface area contributed by atoms with Crippen LogP contribution in [0, 0.1) is 0 Å². The number of nitrogens with zero attached hydrogens (tertiary/aromatic N) is 2. The van der Waals surface area contributed by atoms with Gasteiger partial charge in [-0.3, -0.25) is 9.78 Å². The molecule has 1 aliphatic rings. The molecule has 6 heteroatoms. The number of aromatic nitrogens is 1. The normalized spacial score (nSPS) is 16.2. The maximum atomic E-state index is 12.3. The van der Waals surface area contributed by atoms with E-state index >= 15 is 0 Å². The van der Waals surface area contributed by atoms with Crippen molar-refractivity contribution in [3.8, 4) is 0 Å². The first-order valence-corrected chi connectivity index (χ1v) is 9.30. The highest BCUT2D eigenvalue weighted by molar-refractivity contribution is 5.85. The van der Waals surface area contributed by atoms with Crippen molar-refractivity contribution in [2.24, 2.45) is 0 Å². The number of carbonyl (C=O) groups excluding carboxylic acids is 1. The molecular formula is C20H36ClN3O2. The van der Waals surface area contributed by atoms with Gasteiger partial charge >= 0.3 is 0 Å². The summed E-state index contributed by atoms with van der Waals surface area (Å²) in [7, 11) is 0. The Balaban J connectivity index is 0.00000312. The van der Waals surface area contributed by atoms with Crippen LogP contribution in [0.1, 0.15) is 71.0 Å². The van der Waals surface area contributed by atoms with Gasteiger partial charge in [0.25, 0.3) is 0 Å². The Hall–Kier alpha value is -1.17. The van der Waals surface area contributed by atoms with Gasteiger partial charge < -0.3 is 15.3 Å². The molecule has 0 aliphatic carbocycles. The molecule has 1 aromatic rings. The molecule has 1 amide bonds. The van der Waals surface area contributed by atoms with E-state index in [1.807, 2.05) is 12.1 Å². The molecule has 1 aromatic heterocycles. The molecule has 0 saturated carbocycles. The molecule has 2 heterocycles. The molecule has 150 valence electrons. The summed E-state index contributed by atoms with van der Waals surface area (Å²) in [5.41, 5.74) is 0.806. The number of rotatable bonds is 10. The number of hydrogen-bond acceptors (Lipinski definition) is 4. The second kappa shape index (κ2) is 14.0. The highest BCUT2D eigenvalue weighted by atomic mass is 35.5. The molecule has 2 atom stereocenters. The second-order valence-corrected chi connectivity index (χ2v) is 6.72. The number of likely N-dealkylation sites (tertiary alicyclic amines) is 1. The van der Waals surface area contributed by atoms with E-state index in [0.717, 1.165) is 31.5 Å². The molecule has 0 bridgehead atoms. The summed E-state index contributed by atoms with van der Waals surface area (Å²) in [5.74, 6) is 0.0448. The molecule has 2 N–H and O–H groups in total. The van der Waals surface area contributed by atoms with Crippen molar-refractivity contribution in [2.75, 3.05) is 19.6 Å². The number of carbonyl (C=O) groups is 1. The van der Waals surface area contributed by atoms with E-state index in [9.17, 15) is 9.90 Å². The van der Waals surface area contributed by atoms with E-state index in [-0.39, 0.29) is 31.8 Å². The van der Waals surface area contributed by atoms with Crippen molar-refractivity contribution >= 4 is 18.3 Å². The van der Waals surface area contributed by atoms with Crippen LogP contribution in [-0.4, -0.2) is 46.6 Å². The smallest absolute Gasteiger partial charge is 0.220 e. The minimum absolute atomic E-state index is 0. The quantitative estimate of drug-likeness (QED) is 0.602. The van der Waals surface area contributed by atoms with Crippen LogP contribution in [0.4, 0.5) is 0 Å². The second-order valence-electron chi connectivity index (χ2n) is 6.72. The third kappa shape index (κ3) is 8.47. The standard InChI is InChI=1S/C19H31N3O2.CH4.ClH/c1-2-3-4-5-8-18(23)21-17(15-22-13-6-7-14-22)19(24)16-9-11-20-12-10-16;;/h9-12,17,19,24H,2-8,13-15H2,1H3,(H,21,23);1H4;1H/t17-,19-;;/m0../s1. The molecule has 0 spiro atoms. The van der Waals surface area contributed by atoms with Crippen LogP contribution in [0.2, 0.25) is 0 Å². The van der Waals surface area contributed by atoms with Gasteiger partial charge in [0.15, 0.2) is 0 Å². The van der Waals surface area contributed by atoms with Crippen molar-refractivity contribution < 1.29 is 9.90 Å². The van der Waals surface area contributed by atoms with Crippen LogP contribution in [0.15, 0.2) is 24.5 Å². The average Bonchev–Trinajstić information content (AvgIpc) is 3.11. The number of pyridine rings is 1.